The van der Waals surface area contributed by atoms with Crippen molar-refractivity contribution in [1.29, 1.82) is 0 Å². The molecule has 0 spiro atoms. The molecule has 2 saturated heterocycles. The molecule has 138 valence electrons. The standard InChI is InChI=1S/C19H26ClFN2O2/c1-14(22-8-10-25-11-9-22)16-4-6-23(7-5-16)19(24)13-15-2-3-18(21)17(20)12-15/h2-3,12,14,16H,4-11,13H2,1H3/t14-/m1/s1. The van der Waals surface area contributed by atoms with E-state index in [9.17, 15) is 9.18 Å². The Morgan fingerprint density at radius 2 is 1.96 bits per heavy atom. The Morgan fingerprint density at radius 1 is 1.28 bits per heavy atom. The van der Waals surface area contributed by atoms with Crippen LogP contribution in [0.3, 0.4) is 0 Å². The fourth-order valence-electron chi connectivity index (χ4n) is 3.85. The normalized spacial score (nSPS) is 21.3. The molecule has 1 atom stereocenters. The van der Waals surface area contributed by atoms with Crippen LogP contribution in [0.5, 0.6) is 0 Å². The van der Waals surface area contributed by atoms with Gasteiger partial charge >= 0.3 is 0 Å². The first-order chi connectivity index (χ1) is 12.0. The van der Waals surface area contributed by atoms with Gasteiger partial charge in [0.25, 0.3) is 0 Å². The molecule has 0 aliphatic carbocycles. The van der Waals surface area contributed by atoms with Crippen LogP contribution in [0.1, 0.15) is 25.3 Å². The Hall–Kier alpha value is -1.17. The average molecular weight is 369 g/mol. The maximum absolute atomic E-state index is 13.2. The van der Waals surface area contributed by atoms with Gasteiger partial charge in [0.1, 0.15) is 5.82 Å². The summed E-state index contributed by atoms with van der Waals surface area (Å²) in [4.78, 5) is 16.9. The van der Waals surface area contributed by atoms with Gasteiger partial charge < -0.3 is 9.64 Å². The van der Waals surface area contributed by atoms with Crippen LogP contribution in [0, 0.1) is 11.7 Å². The Balaban J connectivity index is 1.49. The Bertz CT molecular complexity index is 599. The number of amides is 1. The number of carbonyl (C=O) groups is 1. The maximum atomic E-state index is 13.2. The second-order valence-corrected chi connectivity index (χ2v) is 7.44. The van der Waals surface area contributed by atoms with E-state index in [1.807, 2.05) is 4.90 Å². The van der Waals surface area contributed by atoms with E-state index in [1.54, 1.807) is 12.1 Å². The lowest BCUT2D eigenvalue weighted by molar-refractivity contribution is -0.132. The van der Waals surface area contributed by atoms with Crippen LogP contribution in [-0.4, -0.2) is 61.1 Å². The van der Waals surface area contributed by atoms with Crippen LogP contribution in [0.4, 0.5) is 4.39 Å². The number of benzene rings is 1. The third kappa shape index (κ3) is 4.72. The van der Waals surface area contributed by atoms with E-state index >= 15 is 0 Å². The summed E-state index contributed by atoms with van der Waals surface area (Å²) in [6.07, 6.45) is 2.35. The van der Waals surface area contributed by atoms with Gasteiger partial charge in [-0.3, -0.25) is 9.69 Å². The quantitative estimate of drug-likeness (QED) is 0.819. The molecule has 0 aromatic heterocycles. The predicted molar refractivity (Wildman–Crippen MR) is 96.3 cm³/mol. The van der Waals surface area contributed by atoms with Gasteiger partial charge in [0.15, 0.2) is 0 Å². The molecular formula is C19H26ClFN2O2. The van der Waals surface area contributed by atoms with Crippen LogP contribution in [0.2, 0.25) is 5.02 Å². The molecule has 1 aromatic carbocycles. The number of piperidine rings is 1. The Labute approximate surface area is 153 Å². The highest BCUT2D eigenvalue weighted by Gasteiger charge is 2.30. The number of morpholine rings is 1. The highest BCUT2D eigenvalue weighted by Crippen LogP contribution is 2.25. The van der Waals surface area contributed by atoms with Crippen molar-refractivity contribution in [2.24, 2.45) is 5.92 Å². The molecular weight excluding hydrogens is 343 g/mol. The van der Waals surface area contributed by atoms with Crippen molar-refractivity contribution >= 4 is 17.5 Å². The van der Waals surface area contributed by atoms with Gasteiger partial charge in [-0.2, -0.15) is 0 Å². The molecule has 2 fully saturated rings. The summed E-state index contributed by atoms with van der Waals surface area (Å²) in [6.45, 7) is 7.55. The maximum Gasteiger partial charge on any atom is 0.226 e. The molecule has 0 unspecified atom stereocenters. The number of likely N-dealkylation sites (tertiary alicyclic amines) is 1. The summed E-state index contributed by atoms with van der Waals surface area (Å²) in [5, 5.41) is 0.0725. The van der Waals surface area contributed by atoms with Gasteiger partial charge in [-0.05, 0) is 43.4 Å². The van der Waals surface area contributed by atoms with E-state index in [4.69, 9.17) is 16.3 Å². The molecule has 2 heterocycles. The van der Waals surface area contributed by atoms with Crippen molar-refractivity contribution in [3.05, 3.63) is 34.6 Å². The van der Waals surface area contributed by atoms with Crippen molar-refractivity contribution < 1.29 is 13.9 Å². The van der Waals surface area contributed by atoms with Gasteiger partial charge in [-0.25, -0.2) is 4.39 Å². The summed E-state index contributed by atoms with van der Waals surface area (Å²) in [7, 11) is 0. The number of hydrogen-bond acceptors (Lipinski definition) is 3. The van der Waals surface area contributed by atoms with E-state index < -0.39 is 5.82 Å². The number of rotatable bonds is 4. The third-order valence-electron chi connectivity index (χ3n) is 5.54. The molecule has 4 nitrogen and oxygen atoms in total. The highest BCUT2D eigenvalue weighted by molar-refractivity contribution is 6.30. The van der Waals surface area contributed by atoms with E-state index in [2.05, 4.69) is 11.8 Å². The van der Waals surface area contributed by atoms with Crippen LogP contribution in [0.25, 0.3) is 0 Å². The number of halogens is 2. The molecule has 2 aliphatic heterocycles. The summed E-state index contributed by atoms with van der Waals surface area (Å²) < 4.78 is 18.7. The molecule has 6 heteroatoms. The molecule has 0 N–H and O–H groups in total. The van der Waals surface area contributed by atoms with E-state index in [0.717, 1.165) is 57.8 Å². The molecule has 3 rings (SSSR count). The summed E-state index contributed by atoms with van der Waals surface area (Å²) in [6, 6.07) is 5.03. The monoisotopic (exact) mass is 368 g/mol. The van der Waals surface area contributed by atoms with Crippen LogP contribution < -0.4 is 0 Å². The number of nitrogens with zero attached hydrogens (tertiary/aromatic N) is 2. The topological polar surface area (TPSA) is 32.8 Å². The first-order valence-electron chi connectivity index (χ1n) is 9.08. The smallest absolute Gasteiger partial charge is 0.226 e. The lowest BCUT2D eigenvalue weighted by Crippen LogP contribution is -2.49. The predicted octanol–water partition coefficient (Wildman–Crippen LogP) is 2.98. The molecule has 1 aromatic rings. The van der Waals surface area contributed by atoms with Crippen LogP contribution in [-0.2, 0) is 16.0 Å². The van der Waals surface area contributed by atoms with Gasteiger partial charge in [0, 0.05) is 32.2 Å². The molecule has 1 amide bonds. The van der Waals surface area contributed by atoms with Gasteiger partial charge in [-0.15, -0.1) is 0 Å². The highest BCUT2D eigenvalue weighted by atomic mass is 35.5. The zero-order valence-electron chi connectivity index (χ0n) is 14.7. The second-order valence-electron chi connectivity index (χ2n) is 7.03. The minimum Gasteiger partial charge on any atom is -0.379 e. The molecule has 25 heavy (non-hydrogen) atoms. The fraction of sp³-hybridized carbons (Fsp3) is 0.632. The zero-order chi connectivity index (χ0) is 17.8. The summed E-state index contributed by atoms with van der Waals surface area (Å²) in [5.41, 5.74) is 0.764. The number of carbonyl (C=O) groups excluding carboxylic acids is 1. The van der Waals surface area contributed by atoms with Crippen LogP contribution in [0.15, 0.2) is 18.2 Å². The number of hydrogen-bond donors (Lipinski definition) is 0. The SMILES string of the molecule is C[C@H](C1CCN(C(=O)Cc2ccc(F)c(Cl)c2)CC1)N1CCOCC1. The van der Waals surface area contributed by atoms with Gasteiger partial charge in [0.2, 0.25) is 5.91 Å². The zero-order valence-corrected chi connectivity index (χ0v) is 15.5. The van der Waals surface area contributed by atoms with Gasteiger partial charge in [-0.1, -0.05) is 17.7 Å². The van der Waals surface area contributed by atoms with Crippen molar-refractivity contribution in [2.45, 2.75) is 32.2 Å². The minimum absolute atomic E-state index is 0.0725. The van der Waals surface area contributed by atoms with Gasteiger partial charge in [0.05, 0.1) is 24.7 Å². The third-order valence-corrected chi connectivity index (χ3v) is 5.83. The molecule has 0 saturated carbocycles. The lowest BCUT2D eigenvalue weighted by Gasteiger charge is -2.41. The van der Waals surface area contributed by atoms with E-state index in [0.29, 0.717) is 12.0 Å². The minimum atomic E-state index is -0.448. The molecule has 0 radical (unpaired) electrons. The second kappa shape index (κ2) is 8.47. The first-order valence-corrected chi connectivity index (χ1v) is 9.46. The van der Waals surface area contributed by atoms with Crippen molar-refractivity contribution in [2.75, 3.05) is 39.4 Å². The largest absolute Gasteiger partial charge is 0.379 e. The summed E-state index contributed by atoms with van der Waals surface area (Å²) in [5.74, 6) is 0.276. The average Bonchev–Trinajstić information content (AvgIpc) is 2.65. The molecule has 2 aliphatic rings. The van der Waals surface area contributed by atoms with Crippen molar-refractivity contribution in [3.8, 4) is 0 Å². The number of ether oxygens (including phenoxy) is 1. The Kier molecular flexibility index (Phi) is 6.31. The van der Waals surface area contributed by atoms with E-state index in [-0.39, 0.29) is 17.4 Å². The molecule has 0 bridgehead atoms. The Morgan fingerprint density at radius 3 is 2.60 bits per heavy atom. The van der Waals surface area contributed by atoms with Crippen molar-refractivity contribution in [1.82, 2.24) is 9.80 Å². The van der Waals surface area contributed by atoms with Crippen molar-refractivity contribution in [3.63, 3.8) is 0 Å². The summed E-state index contributed by atoms with van der Waals surface area (Å²) >= 11 is 5.80. The first kappa shape index (κ1) is 18.6. The lowest BCUT2D eigenvalue weighted by atomic mass is 9.89. The fourth-order valence-corrected chi connectivity index (χ4v) is 4.05. The van der Waals surface area contributed by atoms with Crippen LogP contribution >= 0.6 is 11.6 Å². The van der Waals surface area contributed by atoms with E-state index in [1.165, 1.54) is 6.07 Å².